The fraction of sp³-hybridized carbons (Fsp3) is 1.00. The van der Waals surface area contributed by atoms with Gasteiger partial charge in [0.2, 0.25) is 0 Å². The van der Waals surface area contributed by atoms with E-state index in [1.54, 1.807) is 18.7 Å². The van der Waals surface area contributed by atoms with E-state index in [1.807, 2.05) is 0 Å². The van der Waals surface area contributed by atoms with Gasteiger partial charge in [0.25, 0.3) is 0 Å². The van der Waals surface area contributed by atoms with E-state index in [4.69, 9.17) is 24.5 Å². The molecule has 0 unspecified atom stereocenters. The third-order valence-corrected chi connectivity index (χ3v) is 3.29. The van der Waals surface area contributed by atoms with Crippen LogP contribution in [-0.4, -0.2) is 56.9 Å². The van der Waals surface area contributed by atoms with E-state index < -0.39 is 13.5 Å². The van der Waals surface area contributed by atoms with Crippen LogP contribution in [0.2, 0.25) is 0 Å². The molecule has 7 nitrogen and oxygen atoms in total. The van der Waals surface area contributed by atoms with E-state index >= 15 is 0 Å². The van der Waals surface area contributed by atoms with Gasteiger partial charge in [-0.15, -0.1) is 0 Å². The SMILES string of the molecule is CCC(CC)(OP(=O)(O)O)N(CCO)CCO. The lowest BCUT2D eigenvalue weighted by molar-refractivity contribution is -0.114. The number of aliphatic hydroxyl groups is 2. The number of hydrogen-bond donors (Lipinski definition) is 4. The molecule has 0 aromatic rings. The van der Waals surface area contributed by atoms with Crippen molar-refractivity contribution in [3.8, 4) is 0 Å². The fourth-order valence-electron chi connectivity index (χ4n) is 1.87. The second-order valence-corrected chi connectivity index (χ2v) is 4.83. The predicted octanol–water partition coefficient (Wildman–Crippen LogP) is -0.101. The van der Waals surface area contributed by atoms with Gasteiger partial charge in [0, 0.05) is 13.1 Å². The Morgan fingerprint density at radius 3 is 1.76 bits per heavy atom. The predicted molar refractivity (Wildman–Crippen MR) is 62.2 cm³/mol. The normalized spacial score (nSPS) is 13.4. The van der Waals surface area contributed by atoms with Gasteiger partial charge in [-0.25, -0.2) is 4.57 Å². The molecule has 0 rings (SSSR count). The van der Waals surface area contributed by atoms with Crippen molar-refractivity contribution in [3.63, 3.8) is 0 Å². The van der Waals surface area contributed by atoms with Crippen molar-refractivity contribution in [2.45, 2.75) is 32.4 Å². The van der Waals surface area contributed by atoms with Gasteiger partial charge >= 0.3 is 7.82 Å². The van der Waals surface area contributed by atoms with Crippen molar-refractivity contribution in [2.75, 3.05) is 26.3 Å². The number of hydrogen-bond acceptors (Lipinski definition) is 5. The molecule has 0 aliphatic rings. The molecular formula is C9H22NO6P. The van der Waals surface area contributed by atoms with Crippen LogP contribution in [0.3, 0.4) is 0 Å². The maximum absolute atomic E-state index is 11.0. The molecule has 0 bridgehead atoms. The maximum Gasteiger partial charge on any atom is 0.471 e. The molecule has 8 heteroatoms. The van der Waals surface area contributed by atoms with E-state index in [9.17, 15) is 4.57 Å². The van der Waals surface area contributed by atoms with E-state index in [1.165, 1.54) is 0 Å². The van der Waals surface area contributed by atoms with Crippen LogP contribution in [0, 0.1) is 0 Å². The Morgan fingerprint density at radius 2 is 1.53 bits per heavy atom. The highest BCUT2D eigenvalue weighted by Gasteiger charge is 2.39. The smallest absolute Gasteiger partial charge is 0.395 e. The Morgan fingerprint density at radius 1 is 1.12 bits per heavy atom. The Kier molecular flexibility index (Phi) is 7.43. The summed E-state index contributed by atoms with van der Waals surface area (Å²) in [6.07, 6.45) is 0.684. The second-order valence-electron chi connectivity index (χ2n) is 3.67. The standard InChI is InChI=1S/C9H22NO6P/c1-3-9(4-2,16-17(13,14)15)10(5-7-11)6-8-12/h11-12H,3-8H2,1-2H3,(H2,13,14,15). The van der Waals surface area contributed by atoms with Crippen molar-refractivity contribution in [1.29, 1.82) is 0 Å². The summed E-state index contributed by atoms with van der Waals surface area (Å²) in [5.41, 5.74) is -1.16. The van der Waals surface area contributed by atoms with Crippen molar-refractivity contribution in [1.82, 2.24) is 4.90 Å². The number of phosphoric acid groups is 1. The van der Waals surface area contributed by atoms with E-state index in [0.717, 1.165) is 0 Å². The number of aliphatic hydroxyl groups excluding tert-OH is 2. The minimum atomic E-state index is -4.63. The van der Waals surface area contributed by atoms with Gasteiger partial charge in [-0.05, 0) is 12.8 Å². The Bertz CT molecular complexity index is 246. The molecule has 0 fully saturated rings. The zero-order valence-electron chi connectivity index (χ0n) is 10.2. The lowest BCUT2D eigenvalue weighted by atomic mass is 10.1. The Balaban J connectivity index is 5.03. The molecule has 0 heterocycles. The van der Waals surface area contributed by atoms with Crippen LogP contribution in [0.25, 0.3) is 0 Å². The van der Waals surface area contributed by atoms with Crippen LogP contribution in [0.5, 0.6) is 0 Å². The van der Waals surface area contributed by atoms with Gasteiger partial charge in [-0.2, -0.15) is 0 Å². The van der Waals surface area contributed by atoms with Crippen molar-refractivity contribution in [3.05, 3.63) is 0 Å². The van der Waals surface area contributed by atoms with Gasteiger partial charge in [-0.3, -0.25) is 9.42 Å². The van der Waals surface area contributed by atoms with Crippen LogP contribution in [0.4, 0.5) is 0 Å². The molecule has 0 aliphatic heterocycles. The summed E-state index contributed by atoms with van der Waals surface area (Å²) in [6.45, 7) is 3.49. The average Bonchev–Trinajstić information content (AvgIpc) is 2.24. The van der Waals surface area contributed by atoms with Crippen LogP contribution in [0.15, 0.2) is 0 Å². The lowest BCUT2D eigenvalue weighted by Gasteiger charge is -2.41. The van der Waals surface area contributed by atoms with Crippen molar-refractivity contribution < 1.29 is 29.1 Å². The second kappa shape index (κ2) is 7.43. The highest BCUT2D eigenvalue weighted by atomic mass is 31.2. The molecule has 0 spiro atoms. The molecule has 0 aromatic carbocycles. The van der Waals surface area contributed by atoms with Crippen LogP contribution in [0.1, 0.15) is 26.7 Å². The molecule has 0 saturated carbocycles. The van der Waals surface area contributed by atoms with Gasteiger partial charge in [0.1, 0.15) is 5.72 Å². The molecule has 0 aromatic heterocycles. The first-order valence-electron chi connectivity index (χ1n) is 5.58. The number of rotatable bonds is 9. The maximum atomic E-state index is 11.0. The quantitative estimate of drug-likeness (QED) is 0.342. The first-order valence-corrected chi connectivity index (χ1v) is 7.11. The summed E-state index contributed by atoms with van der Waals surface area (Å²) in [7, 11) is -4.63. The molecule has 0 atom stereocenters. The minimum Gasteiger partial charge on any atom is -0.395 e. The van der Waals surface area contributed by atoms with Gasteiger partial charge in [-0.1, -0.05) is 13.8 Å². The first kappa shape index (κ1) is 17.0. The Labute approximate surface area is 101 Å². The third kappa shape index (κ3) is 5.44. The molecule has 0 aliphatic carbocycles. The number of nitrogens with zero attached hydrogens (tertiary/aromatic N) is 1. The van der Waals surface area contributed by atoms with Crippen LogP contribution < -0.4 is 0 Å². The zero-order valence-corrected chi connectivity index (χ0v) is 11.1. The fourth-order valence-corrected chi connectivity index (χ4v) is 2.68. The summed E-state index contributed by atoms with van der Waals surface area (Å²) >= 11 is 0. The lowest BCUT2D eigenvalue weighted by Crippen LogP contribution is -2.51. The van der Waals surface area contributed by atoms with Gasteiger partial charge in [0.15, 0.2) is 0 Å². The van der Waals surface area contributed by atoms with Gasteiger partial charge in [0.05, 0.1) is 13.2 Å². The third-order valence-electron chi connectivity index (χ3n) is 2.71. The molecule has 17 heavy (non-hydrogen) atoms. The molecule has 0 saturated heterocycles. The topological polar surface area (TPSA) is 110 Å². The van der Waals surface area contributed by atoms with Crippen LogP contribution >= 0.6 is 7.82 Å². The highest BCUT2D eigenvalue weighted by molar-refractivity contribution is 7.46. The Hall–Kier alpha value is -0.0100. The van der Waals surface area contributed by atoms with E-state index in [0.29, 0.717) is 12.8 Å². The number of phosphoric ester groups is 1. The summed E-state index contributed by atoms with van der Waals surface area (Å²) in [4.78, 5) is 19.4. The summed E-state index contributed by atoms with van der Waals surface area (Å²) < 4.78 is 15.9. The first-order chi connectivity index (χ1) is 7.85. The largest absolute Gasteiger partial charge is 0.471 e. The van der Waals surface area contributed by atoms with Crippen molar-refractivity contribution >= 4 is 7.82 Å². The summed E-state index contributed by atoms with van der Waals surface area (Å²) in [5, 5.41) is 17.9. The van der Waals surface area contributed by atoms with E-state index in [2.05, 4.69) is 0 Å². The summed E-state index contributed by atoms with van der Waals surface area (Å²) in [6, 6.07) is 0. The average molecular weight is 271 g/mol. The molecular weight excluding hydrogens is 249 g/mol. The molecule has 104 valence electrons. The molecule has 0 radical (unpaired) electrons. The summed E-state index contributed by atoms with van der Waals surface area (Å²) in [5.74, 6) is 0. The van der Waals surface area contributed by atoms with E-state index in [-0.39, 0.29) is 26.3 Å². The monoisotopic (exact) mass is 271 g/mol. The zero-order chi connectivity index (χ0) is 13.5. The van der Waals surface area contributed by atoms with Crippen LogP contribution in [-0.2, 0) is 9.09 Å². The molecule has 0 amide bonds. The van der Waals surface area contributed by atoms with Gasteiger partial charge < -0.3 is 20.0 Å². The highest BCUT2D eigenvalue weighted by Crippen LogP contribution is 2.45. The molecule has 4 N–H and O–H groups in total. The van der Waals surface area contributed by atoms with Crippen molar-refractivity contribution in [2.24, 2.45) is 0 Å². The minimum absolute atomic E-state index is 0.174.